The van der Waals surface area contributed by atoms with E-state index in [9.17, 15) is 14.7 Å². The van der Waals surface area contributed by atoms with E-state index >= 15 is 0 Å². The van der Waals surface area contributed by atoms with Gasteiger partial charge in [-0.1, -0.05) is 38.0 Å². The Balaban J connectivity index is 1.51. The van der Waals surface area contributed by atoms with E-state index in [0.717, 1.165) is 38.0 Å². The summed E-state index contributed by atoms with van der Waals surface area (Å²) in [5, 5.41) is 12.6. The van der Waals surface area contributed by atoms with Crippen LogP contribution in [-0.2, 0) is 4.79 Å². The van der Waals surface area contributed by atoms with Gasteiger partial charge in [-0.3, -0.25) is 4.79 Å². The Morgan fingerprint density at radius 1 is 1.16 bits per heavy atom. The average molecular weight is 423 g/mol. The largest absolute Gasteiger partial charge is 0.481 e. The van der Waals surface area contributed by atoms with Gasteiger partial charge in [0.15, 0.2) is 6.10 Å². The minimum absolute atomic E-state index is 0.106. The lowest BCUT2D eigenvalue weighted by Crippen LogP contribution is -2.35. The third-order valence-corrected chi connectivity index (χ3v) is 6.07. The Morgan fingerprint density at radius 2 is 1.94 bits per heavy atom. The SMILES string of the molecule is C[C@@H]1CCCN(c2ccc(NC(=O)[C@H](CC3CC3)Oc3ccccc3)c(C(=O)O)c2)C1. The molecule has 1 saturated heterocycles. The molecular weight excluding hydrogens is 392 g/mol. The predicted molar refractivity (Wildman–Crippen MR) is 121 cm³/mol. The number of carboxylic acid groups (broad SMARTS) is 1. The van der Waals surface area contributed by atoms with Gasteiger partial charge >= 0.3 is 5.97 Å². The van der Waals surface area contributed by atoms with Crippen molar-refractivity contribution in [2.75, 3.05) is 23.3 Å². The fraction of sp³-hybridized carbons (Fsp3) is 0.440. The number of amides is 1. The fourth-order valence-electron chi connectivity index (χ4n) is 4.18. The normalized spacial score (nSPS) is 19.5. The molecule has 4 rings (SSSR count). The Hall–Kier alpha value is -3.02. The molecule has 1 amide bonds. The molecule has 0 spiro atoms. The van der Waals surface area contributed by atoms with E-state index in [1.165, 1.54) is 6.42 Å². The quantitative estimate of drug-likeness (QED) is 0.638. The molecule has 1 saturated carbocycles. The van der Waals surface area contributed by atoms with Crippen molar-refractivity contribution < 1.29 is 19.4 Å². The Bertz CT molecular complexity index is 926. The van der Waals surface area contributed by atoms with Crippen molar-refractivity contribution in [1.82, 2.24) is 0 Å². The number of rotatable bonds is 8. The van der Waals surface area contributed by atoms with Crippen molar-refractivity contribution in [3.8, 4) is 5.75 Å². The molecule has 6 nitrogen and oxygen atoms in total. The van der Waals surface area contributed by atoms with E-state index in [0.29, 0.717) is 29.7 Å². The van der Waals surface area contributed by atoms with Crippen LogP contribution >= 0.6 is 0 Å². The zero-order valence-electron chi connectivity index (χ0n) is 17.9. The molecule has 0 bridgehead atoms. The third-order valence-electron chi connectivity index (χ3n) is 6.07. The van der Waals surface area contributed by atoms with E-state index in [2.05, 4.69) is 17.1 Å². The number of anilines is 2. The number of nitrogens with one attached hydrogen (secondary N) is 1. The first-order chi connectivity index (χ1) is 15.0. The topological polar surface area (TPSA) is 78.9 Å². The molecule has 1 aliphatic heterocycles. The van der Waals surface area contributed by atoms with E-state index < -0.39 is 12.1 Å². The number of carbonyl (C=O) groups is 2. The number of piperidine rings is 1. The van der Waals surface area contributed by atoms with Crippen LogP contribution in [0.5, 0.6) is 5.75 Å². The van der Waals surface area contributed by atoms with Gasteiger partial charge in [-0.25, -0.2) is 4.79 Å². The van der Waals surface area contributed by atoms with E-state index in [1.54, 1.807) is 12.1 Å². The molecule has 31 heavy (non-hydrogen) atoms. The van der Waals surface area contributed by atoms with Crippen LogP contribution in [0.4, 0.5) is 11.4 Å². The molecule has 0 radical (unpaired) electrons. The maximum Gasteiger partial charge on any atom is 0.337 e. The van der Waals surface area contributed by atoms with Crippen molar-refractivity contribution in [1.29, 1.82) is 0 Å². The molecule has 2 N–H and O–H groups in total. The van der Waals surface area contributed by atoms with Crippen LogP contribution in [0.1, 0.15) is 49.4 Å². The van der Waals surface area contributed by atoms with Crippen LogP contribution in [-0.4, -0.2) is 36.2 Å². The van der Waals surface area contributed by atoms with Gasteiger partial charge in [0.2, 0.25) is 0 Å². The second kappa shape index (κ2) is 9.41. The Morgan fingerprint density at radius 3 is 2.61 bits per heavy atom. The summed E-state index contributed by atoms with van der Waals surface area (Å²) in [5.41, 5.74) is 1.30. The summed E-state index contributed by atoms with van der Waals surface area (Å²) in [7, 11) is 0. The summed E-state index contributed by atoms with van der Waals surface area (Å²) in [4.78, 5) is 27.2. The number of hydrogen-bond donors (Lipinski definition) is 2. The van der Waals surface area contributed by atoms with Crippen LogP contribution in [0.15, 0.2) is 48.5 Å². The molecular formula is C25H30N2O4. The van der Waals surface area contributed by atoms with Gasteiger partial charge in [0.05, 0.1) is 11.3 Å². The van der Waals surface area contributed by atoms with Gasteiger partial charge in [0, 0.05) is 18.8 Å². The first-order valence-corrected chi connectivity index (χ1v) is 11.1. The molecule has 0 aromatic heterocycles. The van der Waals surface area contributed by atoms with Crippen LogP contribution in [0, 0.1) is 11.8 Å². The predicted octanol–water partition coefficient (Wildman–Crippen LogP) is 4.81. The highest BCUT2D eigenvalue weighted by Gasteiger charge is 2.31. The maximum absolute atomic E-state index is 13.0. The second-order valence-corrected chi connectivity index (χ2v) is 8.82. The molecule has 2 atom stereocenters. The summed E-state index contributed by atoms with van der Waals surface area (Å²) in [6.07, 6.45) is 4.48. The minimum Gasteiger partial charge on any atom is -0.481 e. The van der Waals surface area contributed by atoms with Crippen LogP contribution < -0.4 is 15.0 Å². The van der Waals surface area contributed by atoms with Gasteiger partial charge in [-0.15, -0.1) is 0 Å². The molecule has 0 unspecified atom stereocenters. The molecule has 1 aliphatic carbocycles. The minimum atomic E-state index is -1.05. The van der Waals surface area contributed by atoms with Crippen molar-refractivity contribution in [2.24, 2.45) is 11.8 Å². The van der Waals surface area contributed by atoms with E-state index in [-0.39, 0.29) is 11.5 Å². The highest BCUT2D eigenvalue weighted by molar-refractivity contribution is 6.02. The van der Waals surface area contributed by atoms with Crippen LogP contribution in [0.2, 0.25) is 0 Å². The lowest BCUT2D eigenvalue weighted by molar-refractivity contribution is -0.123. The molecule has 2 fully saturated rings. The number of nitrogens with zero attached hydrogens (tertiary/aromatic N) is 1. The standard InChI is InChI=1S/C25H30N2O4/c1-17-6-5-13-27(16-17)19-11-12-22(21(15-19)25(29)30)26-24(28)23(14-18-9-10-18)31-20-7-3-2-4-8-20/h2-4,7-8,11-12,15,17-18,23H,5-6,9-10,13-14,16H2,1H3,(H,26,28)(H,29,30)/t17-,23+/m1/s1. The monoisotopic (exact) mass is 422 g/mol. The number of benzene rings is 2. The number of hydrogen-bond acceptors (Lipinski definition) is 4. The number of carboxylic acids is 1. The zero-order valence-corrected chi connectivity index (χ0v) is 17.9. The summed E-state index contributed by atoms with van der Waals surface area (Å²) < 4.78 is 5.96. The summed E-state index contributed by atoms with van der Waals surface area (Å²) >= 11 is 0. The molecule has 6 heteroatoms. The van der Waals surface area contributed by atoms with Crippen LogP contribution in [0.3, 0.4) is 0 Å². The number of para-hydroxylation sites is 1. The molecule has 2 aromatic rings. The highest BCUT2D eigenvalue weighted by Crippen LogP contribution is 2.35. The maximum atomic E-state index is 13.0. The number of ether oxygens (including phenoxy) is 1. The summed E-state index contributed by atoms with van der Waals surface area (Å²) in [6, 6.07) is 14.5. The molecule has 1 heterocycles. The first-order valence-electron chi connectivity index (χ1n) is 11.1. The van der Waals surface area contributed by atoms with E-state index in [4.69, 9.17) is 4.74 Å². The van der Waals surface area contributed by atoms with Gasteiger partial charge in [0.1, 0.15) is 5.75 Å². The molecule has 164 valence electrons. The lowest BCUT2D eigenvalue weighted by atomic mass is 9.99. The lowest BCUT2D eigenvalue weighted by Gasteiger charge is -2.33. The van der Waals surface area contributed by atoms with Gasteiger partial charge < -0.3 is 20.1 Å². The van der Waals surface area contributed by atoms with Crippen molar-refractivity contribution in [3.63, 3.8) is 0 Å². The van der Waals surface area contributed by atoms with Crippen molar-refractivity contribution >= 4 is 23.3 Å². The van der Waals surface area contributed by atoms with Gasteiger partial charge in [-0.05, 0) is 61.4 Å². The Kier molecular flexibility index (Phi) is 6.44. The van der Waals surface area contributed by atoms with Crippen molar-refractivity contribution in [2.45, 2.75) is 45.1 Å². The number of aromatic carboxylic acids is 1. The van der Waals surface area contributed by atoms with Gasteiger partial charge in [0.25, 0.3) is 5.91 Å². The smallest absolute Gasteiger partial charge is 0.337 e. The summed E-state index contributed by atoms with van der Waals surface area (Å²) in [6.45, 7) is 4.05. The third kappa shape index (κ3) is 5.57. The molecule has 2 aliphatic rings. The average Bonchev–Trinajstić information content (AvgIpc) is 3.58. The fourth-order valence-corrected chi connectivity index (χ4v) is 4.18. The van der Waals surface area contributed by atoms with E-state index in [1.807, 2.05) is 36.4 Å². The van der Waals surface area contributed by atoms with Gasteiger partial charge in [-0.2, -0.15) is 0 Å². The second-order valence-electron chi connectivity index (χ2n) is 8.82. The Labute approximate surface area is 183 Å². The van der Waals surface area contributed by atoms with Crippen molar-refractivity contribution in [3.05, 3.63) is 54.1 Å². The highest BCUT2D eigenvalue weighted by atomic mass is 16.5. The zero-order chi connectivity index (χ0) is 21.8. The summed E-state index contributed by atoms with van der Waals surface area (Å²) in [5.74, 6) is 0.348. The first kappa shape index (κ1) is 21.2. The van der Waals surface area contributed by atoms with Crippen LogP contribution in [0.25, 0.3) is 0 Å². The molecule has 2 aromatic carbocycles. The number of carbonyl (C=O) groups excluding carboxylic acids is 1.